The first kappa shape index (κ1) is 10.9. The molecule has 0 aromatic rings. The summed E-state index contributed by atoms with van der Waals surface area (Å²) in [6.07, 6.45) is -1.90. The Labute approximate surface area is 69.1 Å². The van der Waals surface area contributed by atoms with E-state index in [2.05, 4.69) is 0 Å². The van der Waals surface area contributed by atoms with E-state index in [0.717, 1.165) is 11.6 Å². The molecule has 4 heteroatoms. The van der Waals surface area contributed by atoms with Crippen molar-refractivity contribution in [2.75, 3.05) is 0 Å². The molecule has 0 unspecified atom stereocenters. The van der Waals surface area contributed by atoms with Gasteiger partial charge in [-0.15, -0.1) is 0 Å². The highest BCUT2D eigenvalue weighted by molar-refractivity contribution is 5.78. The summed E-state index contributed by atoms with van der Waals surface area (Å²) < 4.78 is 35.8. The maximum absolute atomic E-state index is 11.9. The summed E-state index contributed by atoms with van der Waals surface area (Å²) in [7, 11) is 0. The van der Waals surface area contributed by atoms with Gasteiger partial charge in [-0.1, -0.05) is 11.6 Å². The van der Waals surface area contributed by atoms with Gasteiger partial charge in [0, 0.05) is 6.21 Å². The minimum atomic E-state index is -4.42. The number of hydrogen-bond acceptors (Lipinski definition) is 1. The molecule has 12 heavy (non-hydrogen) atoms. The first-order valence-corrected chi connectivity index (χ1v) is 3.30. The number of allylic oxidation sites excluding steroid dienone is 4. The summed E-state index contributed by atoms with van der Waals surface area (Å²) >= 11 is 0. The molecule has 0 rings (SSSR count). The number of rotatable bonds is 2. The minimum Gasteiger partial charge on any atom is -0.308 e. The first-order valence-electron chi connectivity index (χ1n) is 3.30. The fourth-order valence-corrected chi connectivity index (χ4v) is 0.481. The van der Waals surface area contributed by atoms with Crippen molar-refractivity contribution < 1.29 is 13.2 Å². The molecule has 1 nitrogen and oxygen atoms in total. The second-order valence-corrected chi connectivity index (χ2v) is 2.51. The molecule has 0 amide bonds. The van der Waals surface area contributed by atoms with E-state index in [4.69, 9.17) is 5.41 Å². The lowest BCUT2D eigenvalue weighted by Gasteiger charge is -2.04. The monoisotopic (exact) mass is 177 g/mol. The van der Waals surface area contributed by atoms with Crippen LogP contribution in [-0.2, 0) is 0 Å². The molecule has 0 fully saturated rings. The van der Waals surface area contributed by atoms with Crippen molar-refractivity contribution in [3.05, 3.63) is 23.3 Å². The van der Waals surface area contributed by atoms with Crippen LogP contribution >= 0.6 is 0 Å². The van der Waals surface area contributed by atoms with Crippen LogP contribution < -0.4 is 0 Å². The van der Waals surface area contributed by atoms with Gasteiger partial charge < -0.3 is 5.41 Å². The second kappa shape index (κ2) is 4.09. The normalized spacial score (nSPS) is 12.6. The third kappa shape index (κ3) is 3.95. The Morgan fingerprint density at radius 3 is 1.92 bits per heavy atom. The molecule has 0 spiro atoms. The van der Waals surface area contributed by atoms with Crippen LogP contribution in [0.5, 0.6) is 0 Å². The number of halogens is 3. The SMILES string of the molecule is CC(C)=C/C=C(\C=N)C(F)(F)F. The molecular formula is C8H10F3N. The molecule has 0 heterocycles. The highest BCUT2D eigenvalue weighted by Gasteiger charge is 2.31. The lowest BCUT2D eigenvalue weighted by Crippen LogP contribution is -2.12. The van der Waals surface area contributed by atoms with Gasteiger partial charge in [-0.25, -0.2) is 0 Å². The largest absolute Gasteiger partial charge is 0.417 e. The van der Waals surface area contributed by atoms with E-state index < -0.39 is 11.7 Å². The smallest absolute Gasteiger partial charge is 0.308 e. The number of hydrogen-bond donors (Lipinski definition) is 1. The average molecular weight is 177 g/mol. The van der Waals surface area contributed by atoms with E-state index in [0.29, 0.717) is 6.21 Å². The van der Waals surface area contributed by atoms with Crippen LogP contribution in [0.2, 0.25) is 0 Å². The Kier molecular flexibility index (Phi) is 3.73. The summed E-state index contributed by atoms with van der Waals surface area (Å²) in [5.74, 6) is 0. The zero-order valence-electron chi connectivity index (χ0n) is 6.87. The summed E-state index contributed by atoms with van der Waals surface area (Å²) in [5.41, 5.74) is -0.178. The van der Waals surface area contributed by atoms with Crippen LogP contribution in [0, 0.1) is 5.41 Å². The van der Waals surface area contributed by atoms with Crippen LogP contribution in [0.3, 0.4) is 0 Å². The van der Waals surface area contributed by atoms with Crippen molar-refractivity contribution in [2.24, 2.45) is 0 Å². The van der Waals surface area contributed by atoms with E-state index in [1.54, 1.807) is 13.8 Å². The Balaban J connectivity index is 4.68. The van der Waals surface area contributed by atoms with E-state index in [-0.39, 0.29) is 0 Å². The quantitative estimate of drug-likeness (QED) is 0.495. The standard InChI is InChI=1S/C8H10F3N/c1-6(2)3-4-7(5-12)8(9,10)11/h3-5,12H,1-2H3/b7-4+,12-5?. The van der Waals surface area contributed by atoms with E-state index in [9.17, 15) is 13.2 Å². The second-order valence-electron chi connectivity index (χ2n) is 2.51. The topological polar surface area (TPSA) is 23.9 Å². The van der Waals surface area contributed by atoms with Crippen LogP contribution in [-0.4, -0.2) is 12.4 Å². The van der Waals surface area contributed by atoms with Gasteiger partial charge in [0.25, 0.3) is 0 Å². The summed E-state index contributed by atoms with van der Waals surface area (Å²) in [5, 5.41) is 6.52. The maximum atomic E-state index is 11.9. The Morgan fingerprint density at radius 2 is 1.67 bits per heavy atom. The zero-order valence-corrected chi connectivity index (χ0v) is 6.87. The maximum Gasteiger partial charge on any atom is 0.417 e. The van der Waals surface area contributed by atoms with E-state index in [1.165, 1.54) is 6.08 Å². The molecule has 0 saturated heterocycles. The highest BCUT2D eigenvalue weighted by Crippen LogP contribution is 2.23. The highest BCUT2D eigenvalue weighted by atomic mass is 19.4. The molecule has 0 aliphatic heterocycles. The van der Waals surface area contributed by atoms with Gasteiger partial charge >= 0.3 is 6.18 Å². The molecule has 0 aliphatic rings. The molecule has 0 saturated carbocycles. The lowest BCUT2D eigenvalue weighted by atomic mass is 10.2. The van der Waals surface area contributed by atoms with Gasteiger partial charge in [-0.05, 0) is 19.9 Å². The molecular weight excluding hydrogens is 167 g/mol. The third-order valence-electron chi connectivity index (χ3n) is 1.08. The van der Waals surface area contributed by atoms with Crippen molar-refractivity contribution in [3.63, 3.8) is 0 Å². The molecule has 0 aromatic carbocycles. The van der Waals surface area contributed by atoms with Crippen molar-refractivity contribution in [1.29, 1.82) is 5.41 Å². The minimum absolute atomic E-state index is 0.305. The number of nitrogens with one attached hydrogen (secondary N) is 1. The van der Waals surface area contributed by atoms with Gasteiger partial charge in [0.2, 0.25) is 0 Å². The van der Waals surface area contributed by atoms with Gasteiger partial charge in [0.15, 0.2) is 0 Å². The molecule has 0 atom stereocenters. The Hall–Kier alpha value is -1.06. The van der Waals surface area contributed by atoms with Crippen molar-refractivity contribution >= 4 is 6.21 Å². The van der Waals surface area contributed by atoms with Crippen molar-refractivity contribution in [1.82, 2.24) is 0 Å². The number of alkyl halides is 3. The zero-order chi connectivity index (χ0) is 9.78. The molecule has 0 aliphatic carbocycles. The fourth-order valence-electron chi connectivity index (χ4n) is 0.481. The molecule has 0 radical (unpaired) electrons. The Morgan fingerprint density at radius 1 is 1.17 bits per heavy atom. The van der Waals surface area contributed by atoms with Crippen LogP contribution in [0.15, 0.2) is 23.3 Å². The molecule has 0 aromatic heterocycles. The molecule has 68 valence electrons. The van der Waals surface area contributed by atoms with Crippen LogP contribution in [0.1, 0.15) is 13.8 Å². The molecule has 1 N–H and O–H groups in total. The molecule has 0 bridgehead atoms. The summed E-state index contributed by atoms with van der Waals surface area (Å²) in [6, 6.07) is 0. The predicted octanol–water partition coefficient (Wildman–Crippen LogP) is 3.09. The third-order valence-corrected chi connectivity index (χ3v) is 1.08. The van der Waals surface area contributed by atoms with Gasteiger partial charge in [-0.3, -0.25) is 0 Å². The van der Waals surface area contributed by atoms with Crippen LogP contribution in [0.4, 0.5) is 13.2 Å². The predicted molar refractivity (Wildman–Crippen MR) is 42.4 cm³/mol. The summed E-state index contributed by atoms with van der Waals surface area (Å²) in [6.45, 7) is 3.38. The van der Waals surface area contributed by atoms with Crippen LogP contribution in [0.25, 0.3) is 0 Å². The van der Waals surface area contributed by atoms with Gasteiger partial charge in [0.05, 0.1) is 5.57 Å². The first-order chi connectivity index (χ1) is 5.38. The van der Waals surface area contributed by atoms with Gasteiger partial charge in [-0.2, -0.15) is 13.2 Å². The summed E-state index contributed by atoms with van der Waals surface area (Å²) in [4.78, 5) is 0. The fraction of sp³-hybridized carbons (Fsp3) is 0.375. The Bertz CT molecular complexity index is 219. The van der Waals surface area contributed by atoms with E-state index >= 15 is 0 Å². The lowest BCUT2D eigenvalue weighted by molar-refractivity contribution is -0.0856. The van der Waals surface area contributed by atoms with Gasteiger partial charge in [0.1, 0.15) is 0 Å². The van der Waals surface area contributed by atoms with Crippen molar-refractivity contribution in [3.8, 4) is 0 Å². The average Bonchev–Trinajstić information content (AvgIpc) is 1.85. The van der Waals surface area contributed by atoms with Crippen molar-refractivity contribution in [2.45, 2.75) is 20.0 Å². The van der Waals surface area contributed by atoms with E-state index in [1.807, 2.05) is 0 Å².